The first kappa shape index (κ1) is 34.6. The minimum atomic E-state index is -4.61. The van der Waals surface area contributed by atoms with Crippen LogP contribution in [0.1, 0.15) is 39.0 Å². The lowest BCUT2D eigenvalue weighted by molar-refractivity contribution is -0.185. The Morgan fingerprint density at radius 2 is 1.51 bits per heavy atom. The summed E-state index contributed by atoms with van der Waals surface area (Å²) in [6.07, 6.45) is -3.59. The minimum Gasteiger partial charge on any atom is -0.488 e. The SMILES string of the molecule is CC(=O)NCCOc1cc2ncc(-c3ccc(CC(=O)Nc4cc(C(C)(C)C(F)(F)F)on4)c(F)c3)nc2cc1OCCNC(C)=O. The molecule has 47 heavy (non-hydrogen) atoms. The molecule has 250 valence electrons. The molecule has 0 radical (unpaired) electrons. The number of nitrogens with zero attached hydrogens (tertiary/aromatic N) is 3. The van der Waals surface area contributed by atoms with Gasteiger partial charge in [0.15, 0.2) is 23.1 Å². The quantitative estimate of drug-likeness (QED) is 0.139. The van der Waals surface area contributed by atoms with E-state index in [1.807, 2.05) is 0 Å². The van der Waals surface area contributed by atoms with Crippen molar-refractivity contribution >= 4 is 34.6 Å². The van der Waals surface area contributed by atoms with Gasteiger partial charge < -0.3 is 29.9 Å². The molecule has 2 heterocycles. The van der Waals surface area contributed by atoms with Crippen LogP contribution in [0.4, 0.5) is 23.4 Å². The van der Waals surface area contributed by atoms with Crippen LogP contribution in [0.25, 0.3) is 22.3 Å². The van der Waals surface area contributed by atoms with E-state index in [4.69, 9.17) is 14.0 Å². The molecule has 2 aromatic heterocycles. The molecule has 0 aliphatic rings. The van der Waals surface area contributed by atoms with Crippen LogP contribution in [0, 0.1) is 5.82 Å². The third kappa shape index (κ3) is 8.92. The van der Waals surface area contributed by atoms with Crippen molar-refractivity contribution in [3.63, 3.8) is 0 Å². The molecule has 16 heteroatoms. The van der Waals surface area contributed by atoms with Crippen molar-refractivity contribution in [2.45, 2.75) is 45.7 Å². The lowest BCUT2D eigenvalue weighted by atomic mass is 9.89. The number of halogens is 4. The first-order chi connectivity index (χ1) is 22.1. The number of carbonyl (C=O) groups excluding carboxylic acids is 3. The van der Waals surface area contributed by atoms with Crippen molar-refractivity contribution in [3.8, 4) is 22.8 Å². The summed E-state index contributed by atoms with van der Waals surface area (Å²) in [5, 5.41) is 11.1. The summed E-state index contributed by atoms with van der Waals surface area (Å²) in [6.45, 7) is 5.39. The van der Waals surface area contributed by atoms with Gasteiger partial charge in [-0.1, -0.05) is 17.3 Å². The molecule has 0 aliphatic heterocycles. The number of hydrogen-bond donors (Lipinski definition) is 3. The fraction of sp³-hybridized carbons (Fsp3) is 0.355. The first-order valence-electron chi connectivity index (χ1n) is 14.3. The second-order valence-electron chi connectivity index (χ2n) is 10.9. The molecule has 0 spiro atoms. The van der Waals surface area contributed by atoms with E-state index in [0.29, 0.717) is 33.8 Å². The standard InChI is InChI=1S/C31H32F4N6O6/c1-17(42)36-7-9-45-25-13-22-23(14-26(25)46-10-8-37-18(2)43)39-24(16-38-22)20-6-5-19(21(32)11-20)12-29(44)40-28-15-27(47-41-28)30(3,4)31(33,34)35/h5-6,11,13-16H,7-10,12H2,1-4H3,(H,36,42)(H,37,43)(H,40,41,44). The van der Waals surface area contributed by atoms with E-state index in [0.717, 1.165) is 19.9 Å². The summed E-state index contributed by atoms with van der Waals surface area (Å²) in [5.41, 5.74) is -0.783. The van der Waals surface area contributed by atoms with E-state index >= 15 is 4.39 Å². The zero-order valence-electron chi connectivity index (χ0n) is 25.9. The van der Waals surface area contributed by atoms with Gasteiger partial charge in [0.05, 0.1) is 42.4 Å². The molecule has 0 aliphatic carbocycles. The topological polar surface area (TPSA) is 158 Å². The number of benzene rings is 2. The van der Waals surface area contributed by atoms with Gasteiger partial charge >= 0.3 is 6.18 Å². The normalized spacial score (nSPS) is 11.7. The fourth-order valence-corrected chi connectivity index (χ4v) is 4.14. The van der Waals surface area contributed by atoms with E-state index in [-0.39, 0.29) is 49.5 Å². The van der Waals surface area contributed by atoms with E-state index in [9.17, 15) is 27.6 Å². The van der Waals surface area contributed by atoms with Crippen molar-refractivity contribution in [1.29, 1.82) is 0 Å². The molecule has 12 nitrogen and oxygen atoms in total. The summed E-state index contributed by atoms with van der Waals surface area (Å²) in [6, 6.07) is 8.30. The van der Waals surface area contributed by atoms with Crippen molar-refractivity contribution < 1.29 is 45.9 Å². The van der Waals surface area contributed by atoms with E-state index in [1.165, 1.54) is 32.2 Å². The lowest BCUT2D eigenvalue weighted by Crippen LogP contribution is -2.35. The van der Waals surface area contributed by atoms with E-state index in [1.54, 1.807) is 18.2 Å². The van der Waals surface area contributed by atoms with Crippen molar-refractivity contribution in [2.24, 2.45) is 0 Å². The molecule has 4 rings (SSSR count). The third-order valence-electron chi connectivity index (χ3n) is 6.88. The van der Waals surface area contributed by atoms with Gasteiger partial charge in [0, 0.05) is 37.6 Å². The number of amides is 3. The predicted molar refractivity (Wildman–Crippen MR) is 161 cm³/mol. The fourth-order valence-electron chi connectivity index (χ4n) is 4.14. The number of ether oxygens (including phenoxy) is 2. The number of nitrogens with one attached hydrogen (secondary N) is 3. The van der Waals surface area contributed by atoms with Crippen LogP contribution in [-0.4, -0.2) is 65.3 Å². The van der Waals surface area contributed by atoms with Gasteiger partial charge in [0.1, 0.15) is 24.4 Å². The highest BCUT2D eigenvalue weighted by Gasteiger charge is 2.51. The number of carbonyl (C=O) groups is 3. The van der Waals surface area contributed by atoms with Crippen molar-refractivity contribution in [2.75, 3.05) is 31.6 Å². The smallest absolute Gasteiger partial charge is 0.401 e. The van der Waals surface area contributed by atoms with Crippen molar-refractivity contribution in [1.82, 2.24) is 25.8 Å². The van der Waals surface area contributed by atoms with E-state index < -0.39 is 35.5 Å². The van der Waals surface area contributed by atoms with Crippen LogP contribution in [0.5, 0.6) is 11.5 Å². The Labute approximate surface area is 266 Å². The largest absolute Gasteiger partial charge is 0.488 e. The molecule has 0 fully saturated rings. The summed E-state index contributed by atoms with van der Waals surface area (Å²) in [5.74, 6) is -1.92. The van der Waals surface area contributed by atoms with Crippen LogP contribution in [0.3, 0.4) is 0 Å². The molecule has 0 saturated carbocycles. The Hall–Kier alpha value is -5.28. The monoisotopic (exact) mass is 660 g/mol. The molecule has 2 aromatic carbocycles. The maximum absolute atomic E-state index is 15.1. The molecule has 3 amide bonds. The van der Waals surface area contributed by atoms with Gasteiger partial charge in [-0.15, -0.1) is 0 Å². The van der Waals surface area contributed by atoms with Crippen molar-refractivity contribution in [3.05, 3.63) is 59.7 Å². The number of aromatic nitrogens is 3. The van der Waals surface area contributed by atoms with Gasteiger partial charge in [-0.3, -0.25) is 19.4 Å². The van der Waals surface area contributed by atoms with Gasteiger partial charge in [0.2, 0.25) is 17.7 Å². The summed E-state index contributed by atoms with van der Waals surface area (Å²) in [4.78, 5) is 43.9. The average Bonchev–Trinajstić information content (AvgIpc) is 3.46. The van der Waals surface area contributed by atoms with Crippen LogP contribution in [0.15, 0.2) is 47.1 Å². The predicted octanol–water partition coefficient (Wildman–Crippen LogP) is 4.47. The average molecular weight is 661 g/mol. The molecule has 4 aromatic rings. The Morgan fingerprint density at radius 3 is 2.09 bits per heavy atom. The summed E-state index contributed by atoms with van der Waals surface area (Å²) < 4.78 is 71.3. The van der Waals surface area contributed by atoms with Crippen LogP contribution < -0.4 is 25.4 Å². The third-order valence-corrected chi connectivity index (χ3v) is 6.88. The highest BCUT2D eigenvalue weighted by molar-refractivity contribution is 5.91. The van der Waals surface area contributed by atoms with Gasteiger partial charge in [0.25, 0.3) is 0 Å². The highest BCUT2D eigenvalue weighted by Crippen LogP contribution is 2.41. The number of alkyl halides is 3. The van der Waals surface area contributed by atoms with Gasteiger partial charge in [-0.25, -0.2) is 9.37 Å². The second-order valence-corrected chi connectivity index (χ2v) is 10.9. The van der Waals surface area contributed by atoms with Crippen LogP contribution in [-0.2, 0) is 26.2 Å². The molecular weight excluding hydrogens is 628 g/mol. The maximum Gasteiger partial charge on any atom is 0.401 e. The van der Waals surface area contributed by atoms with Crippen LogP contribution in [0.2, 0.25) is 0 Å². The number of anilines is 1. The Balaban J connectivity index is 1.49. The Bertz CT molecular complexity index is 1780. The lowest BCUT2D eigenvalue weighted by Gasteiger charge is -2.24. The zero-order valence-corrected chi connectivity index (χ0v) is 25.9. The van der Waals surface area contributed by atoms with Crippen LogP contribution >= 0.6 is 0 Å². The molecule has 0 atom stereocenters. The first-order valence-corrected chi connectivity index (χ1v) is 14.3. The minimum absolute atomic E-state index is 0.0234. The Morgan fingerprint density at radius 1 is 0.894 bits per heavy atom. The summed E-state index contributed by atoms with van der Waals surface area (Å²) >= 11 is 0. The van der Waals surface area contributed by atoms with Gasteiger partial charge in [-0.05, 0) is 25.5 Å². The Kier molecular flexibility index (Phi) is 10.6. The number of hydrogen-bond acceptors (Lipinski definition) is 9. The second kappa shape index (κ2) is 14.4. The molecule has 0 unspecified atom stereocenters. The molecule has 3 N–H and O–H groups in total. The van der Waals surface area contributed by atoms with Gasteiger partial charge in [-0.2, -0.15) is 13.2 Å². The number of fused-ring (bicyclic) bond motifs is 1. The molecular formula is C31H32F4N6O6. The highest BCUT2D eigenvalue weighted by atomic mass is 19.4. The summed E-state index contributed by atoms with van der Waals surface area (Å²) in [7, 11) is 0. The zero-order chi connectivity index (χ0) is 34.4. The molecule has 0 saturated heterocycles. The maximum atomic E-state index is 15.1. The molecule has 0 bridgehead atoms. The van der Waals surface area contributed by atoms with E-state index in [2.05, 4.69) is 31.1 Å². The number of rotatable bonds is 13.